The molecule has 14 heavy (non-hydrogen) atoms. The zero-order valence-electron chi connectivity index (χ0n) is 7.77. The molecule has 0 aromatic heterocycles. The maximum absolute atomic E-state index is 10.6. The van der Waals surface area contributed by atoms with Crippen LogP contribution in [0.25, 0.3) is 0 Å². The highest BCUT2D eigenvalue weighted by atomic mass is 32.2. The van der Waals surface area contributed by atoms with Gasteiger partial charge in [-0.15, -0.1) is 0 Å². The molecule has 1 heterocycles. The number of carboxylic acids is 1. The van der Waals surface area contributed by atoms with E-state index in [0.29, 0.717) is 10.8 Å². The van der Waals surface area contributed by atoms with Gasteiger partial charge in [-0.05, 0) is 36.3 Å². The van der Waals surface area contributed by atoms with Crippen molar-refractivity contribution in [3.63, 3.8) is 0 Å². The molecule has 74 valence electrons. The molecule has 1 saturated heterocycles. The first-order valence-electron chi connectivity index (χ1n) is 4.72. The Morgan fingerprint density at radius 3 is 2.57 bits per heavy atom. The Morgan fingerprint density at radius 1 is 1.36 bits per heavy atom. The molecule has 0 radical (unpaired) electrons. The quantitative estimate of drug-likeness (QED) is 0.811. The molecular weight excluding hydrogens is 196 g/mol. The van der Waals surface area contributed by atoms with E-state index >= 15 is 0 Å². The molecule has 0 saturated carbocycles. The monoisotopic (exact) mass is 208 g/mol. The molecule has 1 atom stereocenters. The predicted octanol–water partition coefficient (Wildman–Crippen LogP) is 2.95. The van der Waals surface area contributed by atoms with Crippen LogP contribution in [0.1, 0.15) is 34.0 Å². The molecule has 1 aromatic rings. The van der Waals surface area contributed by atoms with Crippen molar-refractivity contribution in [1.29, 1.82) is 0 Å². The van der Waals surface area contributed by atoms with Crippen molar-refractivity contribution in [2.24, 2.45) is 0 Å². The molecule has 2 nitrogen and oxygen atoms in total. The lowest BCUT2D eigenvalue weighted by Crippen LogP contribution is -1.96. The summed E-state index contributed by atoms with van der Waals surface area (Å²) >= 11 is 1.96. The lowest BCUT2D eigenvalue weighted by atomic mass is 10.1. The van der Waals surface area contributed by atoms with Gasteiger partial charge in [-0.1, -0.05) is 12.1 Å². The van der Waals surface area contributed by atoms with Crippen molar-refractivity contribution < 1.29 is 9.90 Å². The molecule has 1 aliphatic heterocycles. The van der Waals surface area contributed by atoms with Crippen molar-refractivity contribution >= 4 is 17.7 Å². The van der Waals surface area contributed by atoms with E-state index in [1.54, 1.807) is 12.1 Å². The number of rotatable bonds is 2. The highest BCUT2D eigenvalue weighted by Gasteiger charge is 2.17. The van der Waals surface area contributed by atoms with Crippen LogP contribution in [0.4, 0.5) is 0 Å². The summed E-state index contributed by atoms with van der Waals surface area (Å²) in [6.07, 6.45) is 2.49. The van der Waals surface area contributed by atoms with E-state index in [-0.39, 0.29) is 0 Å². The van der Waals surface area contributed by atoms with E-state index in [1.165, 1.54) is 24.2 Å². The molecule has 2 rings (SSSR count). The van der Waals surface area contributed by atoms with E-state index in [0.717, 1.165) is 0 Å². The maximum Gasteiger partial charge on any atom is 0.335 e. The Labute approximate surface area is 87.3 Å². The number of thioether (sulfide) groups is 1. The largest absolute Gasteiger partial charge is 0.478 e. The molecule has 1 aromatic carbocycles. The highest BCUT2D eigenvalue weighted by Crippen LogP contribution is 2.39. The van der Waals surface area contributed by atoms with Crippen LogP contribution in [0.15, 0.2) is 24.3 Å². The third-order valence-corrected chi connectivity index (χ3v) is 3.89. The lowest BCUT2D eigenvalue weighted by molar-refractivity contribution is 0.0697. The molecule has 0 spiro atoms. The Kier molecular flexibility index (Phi) is 2.77. The van der Waals surface area contributed by atoms with E-state index in [1.807, 2.05) is 23.9 Å². The van der Waals surface area contributed by atoms with Crippen LogP contribution in [-0.4, -0.2) is 16.8 Å². The summed E-state index contributed by atoms with van der Waals surface area (Å²) in [6.45, 7) is 0. The van der Waals surface area contributed by atoms with Gasteiger partial charge in [0.15, 0.2) is 0 Å². The highest BCUT2D eigenvalue weighted by molar-refractivity contribution is 7.99. The number of hydrogen-bond acceptors (Lipinski definition) is 2. The van der Waals surface area contributed by atoms with Gasteiger partial charge in [0.1, 0.15) is 0 Å². The summed E-state index contributed by atoms with van der Waals surface area (Å²) in [5, 5.41) is 9.32. The minimum absolute atomic E-state index is 0.372. The molecule has 1 fully saturated rings. The van der Waals surface area contributed by atoms with Gasteiger partial charge in [-0.3, -0.25) is 0 Å². The fourth-order valence-electron chi connectivity index (χ4n) is 1.68. The van der Waals surface area contributed by atoms with Crippen molar-refractivity contribution in [3.05, 3.63) is 35.4 Å². The average molecular weight is 208 g/mol. The second-order valence-corrected chi connectivity index (χ2v) is 4.74. The number of benzene rings is 1. The molecule has 0 amide bonds. The molecule has 1 aliphatic rings. The number of hydrogen-bond donors (Lipinski definition) is 1. The van der Waals surface area contributed by atoms with E-state index in [2.05, 4.69) is 0 Å². The maximum atomic E-state index is 10.6. The molecule has 1 unspecified atom stereocenters. The van der Waals surface area contributed by atoms with Crippen LogP contribution in [0, 0.1) is 0 Å². The first kappa shape index (κ1) is 9.59. The van der Waals surface area contributed by atoms with Gasteiger partial charge in [0, 0.05) is 5.25 Å². The Balaban J connectivity index is 2.16. The van der Waals surface area contributed by atoms with Crippen molar-refractivity contribution in [2.75, 3.05) is 5.75 Å². The normalized spacial score (nSPS) is 21.0. The molecular formula is C11H12O2S. The average Bonchev–Trinajstić information content (AvgIpc) is 2.71. The van der Waals surface area contributed by atoms with E-state index < -0.39 is 5.97 Å². The first-order valence-corrected chi connectivity index (χ1v) is 5.77. The fourth-order valence-corrected chi connectivity index (χ4v) is 2.98. The van der Waals surface area contributed by atoms with Gasteiger partial charge in [-0.25, -0.2) is 4.79 Å². The third kappa shape index (κ3) is 1.93. The van der Waals surface area contributed by atoms with Gasteiger partial charge in [0.2, 0.25) is 0 Å². The van der Waals surface area contributed by atoms with Crippen molar-refractivity contribution in [3.8, 4) is 0 Å². The second kappa shape index (κ2) is 4.05. The Hall–Kier alpha value is -0.960. The SMILES string of the molecule is O=C(O)c1ccc(C2CCCS2)cc1. The number of carbonyl (C=O) groups is 1. The summed E-state index contributed by atoms with van der Waals surface area (Å²) in [5.74, 6) is 0.376. The van der Waals surface area contributed by atoms with Gasteiger partial charge < -0.3 is 5.11 Å². The predicted molar refractivity (Wildman–Crippen MR) is 57.8 cm³/mol. The minimum Gasteiger partial charge on any atom is -0.478 e. The molecule has 3 heteroatoms. The van der Waals surface area contributed by atoms with Gasteiger partial charge in [0.25, 0.3) is 0 Å². The summed E-state index contributed by atoms with van der Waals surface area (Å²) < 4.78 is 0. The number of aromatic carboxylic acids is 1. The zero-order valence-corrected chi connectivity index (χ0v) is 8.59. The van der Waals surface area contributed by atoms with Gasteiger partial charge in [-0.2, -0.15) is 11.8 Å². The summed E-state index contributed by atoms with van der Waals surface area (Å²) in [5.41, 5.74) is 1.63. The lowest BCUT2D eigenvalue weighted by Gasteiger charge is -2.08. The summed E-state index contributed by atoms with van der Waals surface area (Å²) in [6, 6.07) is 7.26. The first-order chi connectivity index (χ1) is 6.77. The van der Waals surface area contributed by atoms with E-state index in [9.17, 15) is 4.79 Å². The van der Waals surface area contributed by atoms with Crippen molar-refractivity contribution in [1.82, 2.24) is 0 Å². The molecule has 1 N–H and O–H groups in total. The summed E-state index contributed by atoms with van der Waals surface area (Å²) in [7, 11) is 0. The van der Waals surface area contributed by atoms with Crippen LogP contribution in [0.2, 0.25) is 0 Å². The zero-order chi connectivity index (χ0) is 9.97. The van der Waals surface area contributed by atoms with Crippen LogP contribution < -0.4 is 0 Å². The second-order valence-electron chi connectivity index (χ2n) is 3.43. The van der Waals surface area contributed by atoms with Crippen LogP contribution in [0.5, 0.6) is 0 Å². The summed E-state index contributed by atoms with van der Waals surface area (Å²) in [4.78, 5) is 10.6. The third-order valence-electron chi connectivity index (χ3n) is 2.46. The minimum atomic E-state index is -0.851. The molecule has 0 aliphatic carbocycles. The van der Waals surface area contributed by atoms with Crippen LogP contribution >= 0.6 is 11.8 Å². The van der Waals surface area contributed by atoms with E-state index in [4.69, 9.17) is 5.11 Å². The Bertz CT molecular complexity index is 326. The Morgan fingerprint density at radius 2 is 2.07 bits per heavy atom. The molecule has 0 bridgehead atoms. The topological polar surface area (TPSA) is 37.3 Å². The van der Waals surface area contributed by atoms with Crippen LogP contribution in [-0.2, 0) is 0 Å². The number of carboxylic acid groups (broad SMARTS) is 1. The van der Waals surface area contributed by atoms with Gasteiger partial charge in [0.05, 0.1) is 5.56 Å². The van der Waals surface area contributed by atoms with Gasteiger partial charge >= 0.3 is 5.97 Å². The van der Waals surface area contributed by atoms with Crippen LogP contribution in [0.3, 0.4) is 0 Å². The fraction of sp³-hybridized carbons (Fsp3) is 0.364. The standard InChI is InChI=1S/C11H12O2S/c12-11(13)9-5-3-8(4-6-9)10-2-1-7-14-10/h3-6,10H,1-2,7H2,(H,12,13). The van der Waals surface area contributed by atoms with Crippen molar-refractivity contribution in [2.45, 2.75) is 18.1 Å². The smallest absolute Gasteiger partial charge is 0.335 e.